The number of carbonyl (C=O) groups excluding carboxylic acids is 2. The molecule has 3 aromatic rings. The van der Waals surface area contributed by atoms with Gasteiger partial charge in [-0.05, 0) is 30.7 Å². The Kier molecular flexibility index (Phi) is 6.19. The standard InChI is InChI=1S/C18H18N4O2S2/c1-13(23)19-10-9-15-7-8-17(26-15)16(24)11-25-18-21-20-12-22(18)14-5-3-2-4-6-14/h2-8,12H,9-11H2,1H3,(H,19,23). The van der Waals surface area contributed by atoms with Crippen LogP contribution in [0, 0.1) is 0 Å². The predicted octanol–water partition coefficient (Wildman–Crippen LogP) is 2.98. The van der Waals surface area contributed by atoms with Gasteiger partial charge in [-0.2, -0.15) is 0 Å². The lowest BCUT2D eigenvalue weighted by molar-refractivity contribution is -0.118. The number of ketones is 1. The third-order valence-corrected chi connectivity index (χ3v) is 5.69. The van der Waals surface area contributed by atoms with E-state index >= 15 is 0 Å². The van der Waals surface area contributed by atoms with Crippen molar-refractivity contribution in [2.75, 3.05) is 12.3 Å². The Hall–Kier alpha value is -2.45. The number of benzene rings is 1. The number of hydrogen-bond acceptors (Lipinski definition) is 6. The molecule has 8 heteroatoms. The largest absolute Gasteiger partial charge is 0.356 e. The van der Waals surface area contributed by atoms with Gasteiger partial charge in [0.05, 0.1) is 10.6 Å². The van der Waals surface area contributed by atoms with Gasteiger partial charge >= 0.3 is 0 Å². The average Bonchev–Trinajstić information content (AvgIpc) is 3.29. The van der Waals surface area contributed by atoms with Crippen molar-refractivity contribution in [3.8, 4) is 5.69 Å². The van der Waals surface area contributed by atoms with Gasteiger partial charge in [0.15, 0.2) is 10.9 Å². The van der Waals surface area contributed by atoms with E-state index in [2.05, 4.69) is 15.5 Å². The second-order valence-electron chi connectivity index (χ2n) is 5.53. The minimum atomic E-state index is -0.0446. The lowest BCUT2D eigenvalue weighted by Gasteiger charge is -2.05. The summed E-state index contributed by atoms with van der Waals surface area (Å²) < 4.78 is 1.87. The lowest BCUT2D eigenvalue weighted by Crippen LogP contribution is -2.22. The zero-order valence-corrected chi connectivity index (χ0v) is 15.8. The highest BCUT2D eigenvalue weighted by Crippen LogP contribution is 2.23. The van der Waals surface area contributed by atoms with E-state index in [0.29, 0.717) is 17.5 Å². The number of amides is 1. The molecule has 0 unspecified atom stereocenters. The molecule has 0 saturated heterocycles. The molecule has 26 heavy (non-hydrogen) atoms. The second-order valence-corrected chi connectivity index (χ2v) is 7.64. The lowest BCUT2D eigenvalue weighted by atomic mass is 10.3. The number of Topliss-reactive ketones (excluding diaryl/α,β-unsaturated/α-hetero) is 1. The molecular weight excluding hydrogens is 368 g/mol. The normalized spacial score (nSPS) is 10.7. The van der Waals surface area contributed by atoms with Crippen LogP contribution in [0.3, 0.4) is 0 Å². The van der Waals surface area contributed by atoms with Crippen molar-refractivity contribution in [1.82, 2.24) is 20.1 Å². The zero-order valence-electron chi connectivity index (χ0n) is 14.2. The van der Waals surface area contributed by atoms with Gasteiger partial charge in [-0.15, -0.1) is 21.5 Å². The summed E-state index contributed by atoms with van der Waals surface area (Å²) in [5, 5.41) is 11.5. The fourth-order valence-corrected chi connectivity index (χ4v) is 4.16. The molecule has 1 N–H and O–H groups in total. The maximum absolute atomic E-state index is 12.4. The van der Waals surface area contributed by atoms with E-state index in [-0.39, 0.29) is 11.7 Å². The van der Waals surface area contributed by atoms with Crippen LogP contribution >= 0.6 is 23.1 Å². The number of hydrogen-bond donors (Lipinski definition) is 1. The Morgan fingerprint density at radius 3 is 2.77 bits per heavy atom. The second kappa shape index (κ2) is 8.77. The molecular formula is C18H18N4O2S2. The zero-order chi connectivity index (χ0) is 18.4. The van der Waals surface area contributed by atoms with E-state index in [0.717, 1.165) is 21.9 Å². The van der Waals surface area contributed by atoms with Crippen LogP contribution in [0.4, 0.5) is 0 Å². The van der Waals surface area contributed by atoms with E-state index in [1.54, 1.807) is 6.33 Å². The smallest absolute Gasteiger partial charge is 0.216 e. The molecule has 0 saturated carbocycles. The van der Waals surface area contributed by atoms with E-state index in [4.69, 9.17) is 0 Å². The molecule has 134 valence electrons. The van der Waals surface area contributed by atoms with Gasteiger partial charge in [0.2, 0.25) is 5.91 Å². The number of thiophene rings is 1. The maximum Gasteiger partial charge on any atom is 0.216 e. The summed E-state index contributed by atoms with van der Waals surface area (Å²) in [6.45, 7) is 2.08. The first kappa shape index (κ1) is 18.3. The molecule has 6 nitrogen and oxygen atoms in total. The Labute approximate surface area is 159 Å². The first-order valence-electron chi connectivity index (χ1n) is 8.08. The number of carbonyl (C=O) groups is 2. The number of nitrogens with one attached hydrogen (secondary N) is 1. The summed E-state index contributed by atoms with van der Waals surface area (Å²) in [6, 6.07) is 13.6. The van der Waals surface area contributed by atoms with Crippen LogP contribution in [0.15, 0.2) is 53.9 Å². The number of thioether (sulfide) groups is 1. The number of para-hydroxylation sites is 1. The number of aromatic nitrogens is 3. The van der Waals surface area contributed by atoms with Crippen molar-refractivity contribution in [1.29, 1.82) is 0 Å². The van der Waals surface area contributed by atoms with Gasteiger partial charge in [0.25, 0.3) is 0 Å². The van der Waals surface area contributed by atoms with Gasteiger partial charge in [-0.25, -0.2) is 0 Å². The van der Waals surface area contributed by atoms with Crippen molar-refractivity contribution in [2.24, 2.45) is 0 Å². The highest BCUT2D eigenvalue weighted by Gasteiger charge is 2.13. The summed E-state index contributed by atoms with van der Waals surface area (Å²) in [5.74, 6) is 0.321. The molecule has 0 radical (unpaired) electrons. The molecule has 0 aliphatic rings. The van der Waals surface area contributed by atoms with Crippen molar-refractivity contribution in [3.05, 3.63) is 58.5 Å². The molecule has 0 spiro atoms. The Bertz CT molecular complexity index is 890. The summed E-state index contributed by atoms with van der Waals surface area (Å²) in [4.78, 5) is 25.1. The molecule has 0 aliphatic heterocycles. The Morgan fingerprint density at radius 1 is 1.19 bits per heavy atom. The van der Waals surface area contributed by atoms with Crippen LogP contribution < -0.4 is 5.32 Å². The average molecular weight is 387 g/mol. The first-order chi connectivity index (χ1) is 12.6. The SMILES string of the molecule is CC(=O)NCCc1ccc(C(=O)CSc2nncn2-c2ccccc2)s1. The van der Waals surface area contributed by atoms with Crippen LogP contribution in [0.1, 0.15) is 21.5 Å². The highest BCUT2D eigenvalue weighted by atomic mass is 32.2. The molecule has 2 heterocycles. The highest BCUT2D eigenvalue weighted by molar-refractivity contribution is 7.99. The molecule has 1 aromatic carbocycles. The minimum Gasteiger partial charge on any atom is -0.356 e. The predicted molar refractivity (Wildman–Crippen MR) is 103 cm³/mol. The third kappa shape index (κ3) is 4.80. The van der Waals surface area contributed by atoms with E-state index in [1.807, 2.05) is 47.0 Å². The molecule has 0 fully saturated rings. The molecule has 3 rings (SSSR count). The summed E-state index contributed by atoms with van der Waals surface area (Å²) >= 11 is 2.85. The third-order valence-electron chi connectivity index (χ3n) is 3.57. The van der Waals surface area contributed by atoms with Crippen LogP contribution in [0.2, 0.25) is 0 Å². The first-order valence-corrected chi connectivity index (χ1v) is 9.88. The molecule has 2 aromatic heterocycles. The van der Waals surface area contributed by atoms with Gasteiger partial charge in [-0.1, -0.05) is 30.0 Å². The summed E-state index contributed by atoms with van der Waals surface area (Å²) in [6.07, 6.45) is 2.38. The number of rotatable bonds is 8. The van der Waals surface area contributed by atoms with E-state index in [1.165, 1.54) is 30.0 Å². The Morgan fingerprint density at radius 2 is 2.00 bits per heavy atom. The van der Waals surface area contributed by atoms with Crippen molar-refractivity contribution in [2.45, 2.75) is 18.5 Å². The number of nitrogens with zero attached hydrogens (tertiary/aromatic N) is 3. The Balaban J connectivity index is 1.58. The summed E-state index contributed by atoms with van der Waals surface area (Å²) in [5.41, 5.74) is 0.962. The van der Waals surface area contributed by atoms with E-state index < -0.39 is 0 Å². The van der Waals surface area contributed by atoms with Gasteiger partial charge in [0, 0.05) is 24.0 Å². The molecule has 0 aliphatic carbocycles. The molecule has 0 bridgehead atoms. The van der Waals surface area contributed by atoms with Gasteiger partial charge in [-0.3, -0.25) is 14.2 Å². The quantitative estimate of drug-likeness (QED) is 0.476. The van der Waals surface area contributed by atoms with E-state index in [9.17, 15) is 9.59 Å². The minimum absolute atomic E-state index is 0.0446. The summed E-state index contributed by atoms with van der Waals surface area (Å²) in [7, 11) is 0. The van der Waals surface area contributed by atoms with Crippen LogP contribution in [-0.4, -0.2) is 38.8 Å². The fourth-order valence-electron chi connectivity index (χ4n) is 2.31. The monoisotopic (exact) mass is 386 g/mol. The topological polar surface area (TPSA) is 76.9 Å². The maximum atomic E-state index is 12.4. The van der Waals surface area contributed by atoms with Crippen molar-refractivity contribution in [3.63, 3.8) is 0 Å². The fraction of sp³-hybridized carbons (Fsp3) is 0.222. The van der Waals surface area contributed by atoms with Crippen LogP contribution in [0.5, 0.6) is 0 Å². The van der Waals surface area contributed by atoms with Crippen molar-refractivity contribution >= 4 is 34.8 Å². The van der Waals surface area contributed by atoms with Crippen LogP contribution in [-0.2, 0) is 11.2 Å². The van der Waals surface area contributed by atoms with Gasteiger partial charge in [0.1, 0.15) is 6.33 Å². The van der Waals surface area contributed by atoms with Crippen molar-refractivity contribution < 1.29 is 9.59 Å². The molecule has 0 atom stereocenters. The van der Waals surface area contributed by atoms with Crippen LogP contribution in [0.25, 0.3) is 5.69 Å². The molecule has 1 amide bonds. The van der Waals surface area contributed by atoms with Gasteiger partial charge < -0.3 is 5.32 Å².